The zero-order chi connectivity index (χ0) is 12.3. The average molecular weight is 254 g/mol. The molecule has 5 heteroatoms. The topological polar surface area (TPSA) is 40.6 Å². The van der Waals surface area contributed by atoms with Gasteiger partial charge in [0.15, 0.2) is 0 Å². The molecule has 1 heterocycles. The summed E-state index contributed by atoms with van der Waals surface area (Å²) in [5.74, 6) is 0. The van der Waals surface area contributed by atoms with Gasteiger partial charge in [0.25, 0.3) is 0 Å². The fraction of sp³-hybridized carbons (Fsp3) is 0.500. The molecule has 0 radical (unpaired) electrons. The molecule has 1 aromatic carbocycles. The minimum absolute atomic E-state index is 0.461. The quantitative estimate of drug-likeness (QED) is 0.823. The lowest BCUT2D eigenvalue weighted by atomic mass is 10.3. The van der Waals surface area contributed by atoms with E-state index < -0.39 is 10.2 Å². The van der Waals surface area contributed by atoms with Gasteiger partial charge in [-0.05, 0) is 31.9 Å². The highest BCUT2D eigenvalue weighted by Crippen LogP contribution is 2.22. The van der Waals surface area contributed by atoms with E-state index >= 15 is 0 Å². The van der Waals surface area contributed by atoms with Crippen molar-refractivity contribution >= 4 is 15.9 Å². The second-order valence-electron chi connectivity index (χ2n) is 4.11. The lowest BCUT2D eigenvalue weighted by molar-refractivity contribution is 0.474. The van der Waals surface area contributed by atoms with Gasteiger partial charge in [-0.1, -0.05) is 18.2 Å². The van der Waals surface area contributed by atoms with Crippen LogP contribution in [0.25, 0.3) is 0 Å². The van der Waals surface area contributed by atoms with Crippen LogP contribution in [0.5, 0.6) is 0 Å². The van der Waals surface area contributed by atoms with Crippen LogP contribution in [-0.4, -0.2) is 32.4 Å². The molecule has 0 N–H and O–H groups in total. The first-order chi connectivity index (χ1) is 8.16. The van der Waals surface area contributed by atoms with Gasteiger partial charge < -0.3 is 0 Å². The Balaban J connectivity index is 2.29. The first-order valence-electron chi connectivity index (χ1n) is 5.99. The van der Waals surface area contributed by atoms with E-state index in [0.717, 1.165) is 18.5 Å². The zero-order valence-corrected chi connectivity index (χ0v) is 10.9. The van der Waals surface area contributed by atoms with Crippen LogP contribution < -0.4 is 4.31 Å². The maximum absolute atomic E-state index is 12.4. The normalized spacial score (nSPS) is 17.2. The summed E-state index contributed by atoms with van der Waals surface area (Å²) in [7, 11) is -3.34. The molecule has 0 amide bonds. The van der Waals surface area contributed by atoms with Crippen molar-refractivity contribution < 1.29 is 8.42 Å². The Hall–Kier alpha value is -1.07. The van der Waals surface area contributed by atoms with Crippen LogP contribution in [0.1, 0.15) is 19.8 Å². The minimum atomic E-state index is -3.34. The van der Waals surface area contributed by atoms with Crippen molar-refractivity contribution in [1.82, 2.24) is 4.31 Å². The van der Waals surface area contributed by atoms with Crippen LogP contribution in [0.15, 0.2) is 30.3 Å². The van der Waals surface area contributed by atoms with E-state index in [-0.39, 0.29) is 0 Å². The highest BCUT2D eigenvalue weighted by Gasteiger charge is 2.30. The van der Waals surface area contributed by atoms with Crippen LogP contribution in [0, 0.1) is 0 Å². The van der Waals surface area contributed by atoms with Gasteiger partial charge in [-0.25, -0.2) is 0 Å². The Morgan fingerprint density at radius 1 is 1.18 bits per heavy atom. The maximum atomic E-state index is 12.4. The molecular formula is C12H18N2O2S. The fourth-order valence-corrected chi connectivity index (χ4v) is 3.84. The SMILES string of the molecule is CCN(c1ccccc1)S(=O)(=O)N1CCCC1. The summed E-state index contributed by atoms with van der Waals surface area (Å²) in [6.07, 6.45) is 1.93. The smallest absolute Gasteiger partial charge is 0.258 e. The van der Waals surface area contributed by atoms with Gasteiger partial charge in [0.2, 0.25) is 0 Å². The van der Waals surface area contributed by atoms with Gasteiger partial charge in [0.05, 0.1) is 5.69 Å². The molecule has 1 aliphatic rings. The van der Waals surface area contributed by atoms with E-state index in [1.54, 1.807) is 4.31 Å². The Morgan fingerprint density at radius 2 is 1.76 bits per heavy atom. The van der Waals surface area contributed by atoms with Crippen molar-refractivity contribution in [1.29, 1.82) is 0 Å². The summed E-state index contributed by atoms with van der Waals surface area (Å²) in [6, 6.07) is 9.27. The van der Waals surface area contributed by atoms with Crippen molar-refractivity contribution in [3.05, 3.63) is 30.3 Å². The first kappa shape index (κ1) is 12.4. The van der Waals surface area contributed by atoms with Crippen molar-refractivity contribution in [2.45, 2.75) is 19.8 Å². The lowest BCUT2D eigenvalue weighted by Crippen LogP contribution is -2.42. The highest BCUT2D eigenvalue weighted by atomic mass is 32.2. The van der Waals surface area contributed by atoms with Crippen LogP contribution in [-0.2, 0) is 10.2 Å². The molecule has 0 aliphatic carbocycles. The van der Waals surface area contributed by atoms with Crippen molar-refractivity contribution in [2.24, 2.45) is 0 Å². The summed E-state index contributed by atoms with van der Waals surface area (Å²) in [4.78, 5) is 0. The molecular weight excluding hydrogens is 236 g/mol. The Bertz CT molecular complexity index is 453. The van der Waals surface area contributed by atoms with E-state index in [1.165, 1.54) is 4.31 Å². The number of hydrogen-bond donors (Lipinski definition) is 0. The third-order valence-electron chi connectivity index (χ3n) is 3.00. The van der Waals surface area contributed by atoms with Crippen LogP contribution >= 0.6 is 0 Å². The van der Waals surface area contributed by atoms with E-state index in [0.29, 0.717) is 19.6 Å². The average Bonchev–Trinajstić information content (AvgIpc) is 2.85. The van der Waals surface area contributed by atoms with Crippen molar-refractivity contribution in [3.8, 4) is 0 Å². The van der Waals surface area contributed by atoms with Gasteiger partial charge in [0, 0.05) is 19.6 Å². The molecule has 4 nitrogen and oxygen atoms in total. The predicted octanol–water partition coefficient (Wildman–Crippen LogP) is 1.85. The number of anilines is 1. The molecule has 1 aliphatic heterocycles. The first-order valence-corrected chi connectivity index (χ1v) is 7.39. The second-order valence-corrected chi connectivity index (χ2v) is 5.97. The van der Waals surface area contributed by atoms with E-state index in [4.69, 9.17) is 0 Å². The van der Waals surface area contributed by atoms with Crippen LogP contribution in [0.2, 0.25) is 0 Å². The molecule has 0 aromatic heterocycles. The molecule has 0 unspecified atom stereocenters. The Morgan fingerprint density at radius 3 is 2.29 bits per heavy atom. The standard InChI is InChI=1S/C12H18N2O2S/c1-2-14(12-8-4-3-5-9-12)17(15,16)13-10-6-7-11-13/h3-5,8-9H,2,6-7,10-11H2,1H3. The third-order valence-corrected chi connectivity index (χ3v) is 5.04. The van der Waals surface area contributed by atoms with Gasteiger partial charge in [-0.2, -0.15) is 12.7 Å². The summed E-state index contributed by atoms with van der Waals surface area (Å²) >= 11 is 0. The van der Waals surface area contributed by atoms with Gasteiger partial charge in [-0.3, -0.25) is 4.31 Å². The molecule has 0 saturated carbocycles. The molecule has 2 rings (SSSR count). The lowest BCUT2D eigenvalue weighted by Gasteiger charge is -2.27. The number of hydrogen-bond acceptors (Lipinski definition) is 2. The van der Waals surface area contributed by atoms with Crippen LogP contribution in [0.4, 0.5) is 5.69 Å². The maximum Gasteiger partial charge on any atom is 0.304 e. The van der Waals surface area contributed by atoms with E-state index in [1.807, 2.05) is 37.3 Å². The molecule has 94 valence electrons. The van der Waals surface area contributed by atoms with Crippen molar-refractivity contribution in [3.63, 3.8) is 0 Å². The molecule has 0 atom stereocenters. The number of rotatable bonds is 4. The largest absolute Gasteiger partial charge is 0.304 e. The predicted molar refractivity (Wildman–Crippen MR) is 69.2 cm³/mol. The third kappa shape index (κ3) is 2.45. The van der Waals surface area contributed by atoms with Crippen LogP contribution in [0.3, 0.4) is 0 Å². The molecule has 1 saturated heterocycles. The van der Waals surface area contributed by atoms with Gasteiger partial charge >= 0.3 is 10.2 Å². The van der Waals surface area contributed by atoms with Gasteiger partial charge in [-0.15, -0.1) is 0 Å². The highest BCUT2D eigenvalue weighted by molar-refractivity contribution is 7.90. The monoisotopic (exact) mass is 254 g/mol. The number of benzene rings is 1. The number of para-hydroxylation sites is 1. The second kappa shape index (κ2) is 5.06. The van der Waals surface area contributed by atoms with Crippen molar-refractivity contribution in [2.75, 3.05) is 23.9 Å². The summed E-state index contributed by atoms with van der Waals surface area (Å²) in [5, 5.41) is 0. The number of nitrogens with zero attached hydrogens (tertiary/aromatic N) is 2. The molecule has 1 aromatic rings. The molecule has 1 fully saturated rings. The Labute approximate surface area is 103 Å². The van der Waals surface area contributed by atoms with E-state index in [2.05, 4.69) is 0 Å². The minimum Gasteiger partial charge on any atom is -0.258 e. The van der Waals surface area contributed by atoms with Gasteiger partial charge in [0.1, 0.15) is 0 Å². The summed E-state index contributed by atoms with van der Waals surface area (Å²) in [5.41, 5.74) is 0.738. The fourth-order valence-electron chi connectivity index (χ4n) is 2.13. The van der Waals surface area contributed by atoms with E-state index in [9.17, 15) is 8.42 Å². The molecule has 0 bridgehead atoms. The summed E-state index contributed by atoms with van der Waals surface area (Å²) < 4.78 is 27.9. The zero-order valence-electron chi connectivity index (χ0n) is 10.0. The summed E-state index contributed by atoms with van der Waals surface area (Å²) in [6.45, 7) is 3.61. The molecule has 17 heavy (non-hydrogen) atoms. The Kier molecular flexibility index (Phi) is 3.69. The molecule has 0 spiro atoms.